The third-order valence-corrected chi connectivity index (χ3v) is 6.77. The van der Waals surface area contributed by atoms with Crippen molar-refractivity contribution in [3.63, 3.8) is 0 Å². The summed E-state index contributed by atoms with van der Waals surface area (Å²) in [5, 5.41) is 2.96. The maximum Gasteiger partial charge on any atom is 0.250 e. The number of piperidine rings is 1. The molecule has 1 unspecified atom stereocenters. The van der Waals surface area contributed by atoms with E-state index in [2.05, 4.69) is 10.2 Å². The third-order valence-electron chi connectivity index (χ3n) is 6.77. The number of benzene rings is 1. The lowest BCUT2D eigenvalue weighted by Crippen LogP contribution is -2.57. The lowest BCUT2D eigenvalue weighted by atomic mass is 9.85. The molecule has 2 aliphatic heterocycles. The number of amides is 3. The zero-order chi connectivity index (χ0) is 21.3. The zero-order valence-corrected chi connectivity index (χ0v) is 18.0. The predicted octanol–water partition coefficient (Wildman–Crippen LogP) is 1.98. The van der Waals surface area contributed by atoms with Gasteiger partial charge in [-0.1, -0.05) is 25.1 Å². The van der Waals surface area contributed by atoms with Gasteiger partial charge in [0.05, 0.1) is 6.67 Å². The number of likely N-dealkylation sites (tertiary alicyclic amines) is 1. The molecule has 162 valence electrons. The highest BCUT2D eigenvalue weighted by atomic mass is 16.2. The summed E-state index contributed by atoms with van der Waals surface area (Å²) in [6.07, 6.45) is 4.04. The Morgan fingerprint density at radius 2 is 1.83 bits per heavy atom. The molecule has 0 aromatic heterocycles. The van der Waals surface area contributed by atoms with Gasteiger partial charge >= 0.3 is 0 Å². The number of carbonyl (C=O) groups is 3. The molecule has 1 aliphatic carbocycles. The number of nitrogens with zero attached hydrogens (tertiary/aromatic N) is 3. The highest BCUT2D eigenvalue weighted by molar-refractivity contribution is 5.96. The predicted molar refractivity (Wildman–Crippen MR) is 115 cm³/mol. The summed E-state index contributed by atoms with van der Waals surface area (Å²) in [4.78, 5) is 44.3. The van der Waals surface area contributed by atoms with Gasteiger partial charge in [0, 0.05) is 30.7 Å². The fourth-order valence-electron chi connectivity index (χ4n) is 4.60. The molecule has 7 heteroatoms. The third kappa shape index (κ3) is 3.89. The zero-order valence-electron chi connectivity index (χ0n) is 18.0. The van der Waals surface area contributed by atoms with Crippen LogP contribution in [0.3, 0.4) is 0 Å². The van der Waals surface area contributed by atoms with Crippen LogP contribution in [0.2, 0.25) is 0 Å². The van der Waals surface area contributed by atoms with Crippen LogP contribution in [-0.4, -0.2) is 65.4 Å². The molecule has 3 fully saturated rings. The summed E-state index contributed by atoms with van der Waals surface area (Å²) in [6.45, 7) is 5.64. The number of para-hydroxylation sites is 1. The van der Waals surface area contributed by atoms with Crippen LogP contribution in [0.15, 0.2) is 30.3 Å². The van der Waals surface area contributed by atoms with Crippen molar-refractivity contribution >= 4 is 23.4 Å². The second kappa shape index (κ2) is 8.28. The first-order valence-corrected chi connectivity index (χ1v) is 11.1. The van der Waals surface area contributed by atoms with Crippen molar-refractivity contribution in [1.29, 1.82) is 0 Å². The van der Waals surface area contributed by atoms with Gasteiger partial charge in [-0.25, -0.2) is 0 Å². The number of carbonyl (C=O) groups excluding carboxylic acids is 3. The smallest absolute Gasteiger partial charge is 0.250 e. The van der Waals surface area contributed by atoms with Crippen molar-refractivity contribution in [2.75, 3.05) is 31.2 Å². The van der Waals surface area contributed by atoms with Crippen LogP contribution in [0, 0.1) is 5.92 Å². The van der Waals surface area contributed by atoms with Gasteiger partial charge in [-0.15, -0.1) is 0 Å². The Hall–Kier alpha value is -2.57. The van der Waals surface area contributed by atoms with Crippen molar-refractivity contribution in [3.05, 3.63) is 30.3 Å². The quantitative estimate of drug-likeness (QED) is 0.776. The van der Waals surface area contributed by atoms with Gasteiger partial charge in [-0.2, -0.15) is 0 Å². The van der Waals surface area contributed by atoms with E-state index >= 15 is 0 Å². The van der Waals surface area contributed by atoms with Gasteiger partial charge in [-0.05, 0) is 51.2 Å². The summed E-state index contributed by atoms with van der Waals surface area (Å²) >= 11 is 0. The number of hydrogen-bond donors (Lipinski definition) is 1. The largest absolute Gasteiger partial charge is 0.352 e. The van der Waals surface area contributed by atoms with E-state index in [9.17, 15) is 14.4 Å². The summed E-state index contributed by atoms with van der Waals surface area (Å²) in [5.74, 6) is 0.323. The number of rotatable bonds is 6. The lowest BCUT2D eigenvalue weighted by Gasteiger charge is -2.43. The Balaban J connectivity index is 1.53. The minimum Gasteiger partial charge on any atom is -0.352 e. The van der Waals surface area contributed by atoms with Crippen LogP contribution in [0.1, 0.15) is 46.0 Å². The van der Waals surface area contributed by atoms with Gasteiger partial charge < -0.3 is 20.0 Å². The van der Waals surface area contributed by atoms with Crippen molar-refractivity contribution in [3.8, 4) is 0 Å². The Bertz CT molecular complexity index is 800. The van der Waals surface area contributed by atoms with Crippen LogP contribution in [0.4, 0.5) is 5.69 Å². The first-order chi connectivity index (χ1) is 14.4. The Kier molecular flexibility index (Phi) is 5.71. The Labute approximate surface area is 178 Å². The summed E-state index contributed by atoms with van der Waals surface area (Å²) in [6, 6.07) is 10.0. The second-order valence-electron chi connectivity index (χ2n) is 8.92. The maximum absolute atomic E-state index is 13.6. The van der Waals surface area contributed by atoms with Gasteiger partial charge in [0.1, 0.15) is 12.1 Å². The lowest BCUT2D eigenvalue weighted by molar-refractivity contribution is -0.140. The minimum absolute atomic E-state index is 0.00387. The normalized spacial score (nSPS) is 21.8. The molecule has 3 aliphatic rings. The van der Waals surface area contributed by atoms with Crippen molar-refractivity contribution in [2.45, 2.75) is 57.5 Å². The molecule has 1 saturated carbocycles. The molecular formula is C23H32N4O3. The maximum atomic E-state index is 13.6. The molecule has 0 bridgehead atoms. The highest BCUT2D eigenvalue weighted by Gasteiger charge is 2.54. The molecule has 2 saturated heterocycles. The number of anilines is 1. The van der Waals surface area contributed by atoms with Gasteiger partial charge in [0.15, 0.2) is 0 Å². The average Bonchev–Trinajstić information content (AvgIpc) is 3.58. The van der Waals surface area contributed by atoms with E-state index in [1.165, 1.54) is 0 Å². The van der Waals surface area contributed by atoms with Crippen LogP contribution in [-0.2, 0) is 14.4 Å². The molecule has 1 N–H and O–H groups in total. The Morgan fingerprint density at radius 3 is 2.43 bits per heavy atom. The summed E-state index contributed by atoms with van der Waals surface area (Å²) in [5.41, 5.74) is 0.302. The second-order valence-corrected chi connectivity index (χ2v) is 8.92. The molecule has 2 heterocycles. The molecule has 30 heavy (non-hydrogen) atoms. The number of hydrogen-bond acceptors (Lipinski definition) is 4. The van der Waals surface area contributed by atoms with E-state index in [1.807, 2.05) is 49.1 Å². The van der Waals surface area contributed by atoms with E-state index in [0.29, 0.717) is 32.6 Å². The van der Waals surface area contributed by atoms with Crippen molar-refractivity contribution in [2.24, 2.45) is 5.92 Å². The topological polar surface area (TPSA) is 73.0 Å². The summed E-state index contributed by atoms with van der Waals surface area (Å²) < 4.78 is 0. The van der Waals surface area contributed by atoms with Crippen LogP contribution >= 0.6 is 0 Å². The monoisotopic (exact) mass is 412 g/mol. The average molecular weight is 413 g/mol. The van der Waals surface area contributed by atoms with E-state index in [0.717, 1.165) is 24.9 Å². The SMILES string of the molecule is CCC(C)NC(=O)CN1CN(c2ccccc2)C2(CCN(C(=O)C3CC3)CC2)C1=O. The standard InChI is InChI=1S/C23H32N4O3/c1-3-17(2)24-20(28)15-26-16-27(19-7-5-4-6-8-19)23(22(26)30)11-13-25(14-12-23)21(29)18-9-10-18/h4-8,17-18H,3,9-16H2,1-2H3,(H,24,28). The van der Waals surface area contributed by atoms with E-state index in [4.69, 9.17) is 0 Å². The fourth-order valence-corrected chi connectivity index (χ4v) is 4.60. The molecular weight excluding hydrogens is 380 g/mol. The molecule has 1 aromatic carbocycles. The van der Waals surface area contributed by atoms with E-state index in [-0.39, 0.29) is 36.2 Å². The molecule has 7 nitrogen and oxygen atoms in total. The first kappa shape index (κ1) is 20.7. The fraction of sp³-hybridized carbons (Fsp3) is 0.609. The van der Waals surface area contributed by atoms with E-state index in [1.54, 1.807) is 4.90 Å². The van der Waals surface area contributed by atoms with Crippen LogP contribution in [0.25, 0.3) is 0 Å². The molecule has 1 atom stereocenters. The van der Waals surface area contributed by atoms with Gasteiger partial charge in [0.2, 0.25) is 11.8 Å². The molecule has 4 rings (SSSR count). The van der Waals surface area contributed by atoms with Crippen molar-refractivity contribution in [1.82, 2.24) is 15.1 Å². The van der Waals surface area contributed by atoms with E-state index < -0.39 is 5.54 Å². The molecule has 3 amide bonds. The van der Waals surface area contributed by atoms with Gasteiger partial charge in [0.25, 0.3) is 5.91 Å². The molecule has 0 radical (unpaired) electrons. The van der Waals surface area contributed by atoms with Crippen LogP contribution < -0.4 is 10.2 Å². The van der Waals surface area contributed by atoms with Gasteiger partial charge in [-0.3, -0.25) is 14.4 Å². The van der Waals surface area contributed by atoms with Crippen LogP contribution in [0.5, 0.6) is 0 Å². The van der Waals surface area contributed by atoms with Crippen molar-refractivity contribution < 1.29 is 14.4 Å². The highest BCUT2D eigenvalue weighted by Crippen LogP contribution is 2.40. The minimum atomic E-state index is -0.682. The molecule has 1 aromatic rings. The first-order valence-electron chi connectivity index (χ1n) is 11.1. The Morgan fingerprint density at radius 1 is 1.17 bits per heavy atom. The number of nitrogens with one attached hydrogen (secondary N) is 1. The summed E-state index contributed by atoms with van der Waals surface area (Å²) in [7, 11) is 0. The molecule has 1 spiro atoms.